The van der Waals surface area contributed by atoms with E-state index in [0.717, 1.165) is 0 Å². The standard InChI is InChI=1S/C24H23NO4/c1-2-28-23-12-11-17(13-16(23)14-26)25-24(27)29-15-22-20-9-5-3-7-18(20)19-8-4-6-10-21(19)22/h3-13,22,26H,2,14-15H2,1H3,(H,25,27). The van der Waals surface area contributed by atoms with Crippen molar-refractivity contribution in [3.05, 3.63) is 83.4 Å². The highest BCUT2D eigenvalue weighted by Crippen LogP contribution is 2.44. The Hall–Kier alpha value is -3.31. The number of carbonyl (C=O) groups excluding carboxylic acids is 1. The van der Waals surface area contributed by atoms with E-state index >= 15 is 0 Å². The number of hydrogen-bond donors (Lipinski definition) is 2. The van der Waals surface area contributed by atoms with Crippen LogP contribution in [0.4, 0.5) is 10.5 Å². The molecule has 0 saturated heterocycles. The second-order valence-corrected chi connectivity index (χ2v) is 6.86. The van der Waals surface area contributed by atoms with Gasteiger partial charge in [-0.15, -0.1) is 0 Å². The van der Waals surface area contributed by atoms with Crippen molar-refractivity contribution in [1.82, 2.24) is 0 Å². The van der Waals surface area contributed by atoms with Crippen LogP contribution in [0.25, 0.3) is 11.1 Å². The van der Waals surface area contributed by atoms with Crippen molar-refractivity contribution >= 4 is 11.8 Å². The number of amides is 1. The molecular formula is C24H23NO4. The van der Waals surface area contributed by atoms with Gasteiger partial charge in [-0.2, -0.15) is 0 Å². The highest BCUT2D eigenvalue weighted by Gasteiger charge is 2.29. The highest BCUT2D eigenvalue weighted by molar-refractivity contribution is 5.85. The Bertz CT molecular complexity index is 985. The lowest BCUT2D eigenvalue weighted by molar-refractivity contribution is 0.158. The van der Waals surface area contributed by atoms with Gasteiger partial charge in [-0.3, -0.25) is 5.32 Å². The molecule has 3 aromatic rings. The smallest absolute Gasteiger partial charge is 0.411 e. The highest BCUT2D eigenvalue weighted by atomic mass is 16.5. The average molecular weight is 389 g/mol. The van der Waals surface area contributed by atoms with Crippen LogP contribution >= 0.6 is 0 Å². The van der Waals surface area contributed by atoms with Gasteiger partial charge in [0.25, 0.3) is 0 Å². The van der Waals surface area contributed by atoms with E-state index in [1.54, 1.807) is 18.2 Å². The van der Waals surface area contributed by atoms with Gasteiger partial charge in [0.15, 0.2) is 0 Å². The first-order chi connectivity index (χ1) is 14.2. The molecule has 1 aliphatic rings. The van der Waals surface area contributed by atoms with Crippen LogP contribution in [-0.2, 0) is 11.3 Å². The summed E-state index contributed by atoms with van der Waals surface area (Å²) >= 11 is 0. The van der Waals surface area contributed by atoms with Gasteiger partial charge < -0.3 is 14.6 Å². The molecule has 1 amide bonds. The van der Waals surface area contributed by atoms with Gasteiger partial charge >= 0.3 is 6.09 Å². The molecule has 29 heavy (non-hydrogen) atoms. The molecule has 5 nitrogen and oxygen atoms in total. The summed E-state index contributed by atoms with van der Waals surface area (Å²) < 4.78 is 11.0. The fourth-order valence-electron chi connectivity index (χ4n) is 3.83. The van der Waals surface area contributed by atoms with Crippen LogP contribution in [-0.4, -0.2) is 24.4 Å². The van der Waals surface area contributed by atoms with E-state index in [9.17, 15) is 9.90 Å². The molecule has 0 unspecified atom stereocenters. The van der Waals surface area contributed by atoms with Crippen molar-refractivity contribution in [3.8, 4) is 16.9 Å². The van der Waals surface area contributed by atoms with Crippen molar-refractivity contribution in [2.75, 3.05) is 18.5 Å². The normalized spacial score (nSPS) is 12.2. The first-order valence-electron chi connectivity index (χ1n) is 9.69. The zero-order valence-electron chi connectivity index (χ0n) is 16.2. The Morgan fingerprint density at radius 2 is 1.66 bits per heavy atom. The maximum absolute atomic E-state index is 12.4. The Balaban J connectivity index is 1.45. The molecule has 0 aromatic heterocycles. The van der Waals surface area contributed by atoms with Crippen LogP contribution in [0, 0.1) is 0 Å². The van der Waals surface area contributed by atoms with Crippen molar-refractivity contribution < 1.29 is 19.4 Å². The number of aliphatic hydroxyl groups is 1. The molecule has 4 rings (SSSR count). The molecule has 2 N–H and O–H groups in total. The SMILES string of the molecule is CCOc1ccc(NC(=O)OCC2c3ccccc3-c3ccccc32)cc1CO. The lowest BCUT2D eigenvalue weighted by atomic mass is 9.98. The molecule has 0 heterocycles. The number of aliphatic hydroxyl groups excluding tert-OH is 1. The lowest BCUT2D eigenvalue weighted by Crippen LogP contribution is -2.18. The van der Waals surface area contributed by atoms with Crippen LogP contribution in [0.5, 0.6) is 5.75 Å². The number of ether oxygens (including phenoxy) is 2. The summed E-state index contributed by atoms with van der Waals surface area (Å²) in [5.41, 5.74) is 5.89. The summed E-state index contributed by atoms with van der Waals surface area (Å²) in [5, 5.41) is 12.2. The predicted molar refractivity (Wildman–Crippen MR) is 112 cm³/mol. The third-order valence-corrected chi connectivity index (χ3v) is 5.12. The number of carbonyl (C=O) groups is 1. The summed E-state index contributed by atoms with van der Waals surface area (Å²) in [6.07, 6.45) is -0.528. The van der Waals surface area contributed by atoms with E-state index in [1.165, 1.54) is 22.3 Å². The Kier molecular flexibility index (Phi) is 5.49. The van der Waals surface area contributed by atoms with E-state index in [0.29, 0.717) is 23.6 Å². The minimum Gasteiger partial charge on any atom is -0.494 e. The molecule has 1 aliphatic carbocycles. The molecule has 0 saturated carbocycles. The molecule has 0 bridgehead atoms. The average Bonchev–Trinajstić information content (AvgIpc) is 3.07. The first kappa shape index (κ1) is 19.0. The van der Waals surface area contributed by atoms with Gasteiger partial charge in [-0.25, -0.2) is 4.79 Å². The van der Waals surface area contributed by atoms with Crippen LogP contribution in [0.3, 0.4) is 0 Å². The first-order valence-corrected chi connectivity index (χ1v) is 9.69. The number of fused-ring (bicyclic) bond motifs is 3. The molecular weight excluding hydrogens is 366 g/mol. The topological polar surface area (TPSA) is 67.8 Å². The quantitative estimate of drug-likeness (QED) is 0.627. The van der Waals surface area contributed by atoms with Crippen molar-refractivity contribution in [2.45, 2.75) is 19.4 Å². The van der Waals surface area contributed by atoms with Crippen molar-refractivity contribution in [2.24, 2.45) is 0 Å². The van der Waals surface area contributed by atoms with Crippen LogP contribution < -0.4 is 10.1 Å². The van der Waals surface area contributed by atoms with Gasteiger partial charge in [0.2, 0.25) is 0 Å². The van der Waals surface area contributed by atoms with E-state index in [4.69, 9.17) is 9.47 Å². The number of anilines is 1. The minimum atomic E-state index is -0.528. The number of rotatable bonds is 6. The van der Waals surface area contributed by atoms with Gasteiger partial charge in [0.1, 0.15) is 12.4 Å². The molecule has 0 aliphatic heterocycles. The maximum atomic E-state index is 12.4. The Labute approximate surface area is 169 Å². The monoisotopic (exact) mass is 389 g/mol. The molecule has 3 aromatic carbocycles. The summed E-state index contributed by atoms with van der Waals surface area (Å²) in [5.74, 6) is 0.620. The fourth-order valence-corrected chi connectivity index (χ4v) is 3.83. The number of hydrogen-bond acceptors (Lipinski definition) is 4. The summed E-state index contributed by atoms with van der Waals surface area (Å²) in [4.78, 5) is 12.4. The third-order valence-electron chi connectivity index (χ3n) is 5.12. The Morgan fingerprint density at radius 3 is 2.28 bits per heavy atom. The number of nitrogens with one attached hydrogen (secondary N) is 1. The second-order valence-electron chi connectivity index (χ2n) is 6.86. The second kappa shape index (κ2) is 8.37. The van der Waals surface area contributed by atoms with E-state index in [1.807, 2.05) is 31.2 Å². The summed E-state index contributed by atoms with van der Waals surface area (Å²) in [7, 11) is 0. The van der Waals surface area contributed by atoms with Gasteiger partial charge in [-0.1, -0.05) is 48.5 Å². The zero-order chi connectivity index (χ0) is 20.2. The van der Waals surface area contributed by atoms with Gasteiger partial charge in [0.05, 0.1) is 13.2 Å². The van der Waals surface area contributed by atoms with E-state index in [2.05, 4.69) is 29.6 Å². The molecule has 148 valence electrons. The van der Waals surface area contributed by atoms with Crippen molar-refractivity contribution in [3.63, 3.8) is 0 Å². The zero-order valence-corrected chi connectivity index (χ0v) is 16.2. The van der Waals surface area contributed by atoms with E-state index < -0.39 is 6.09 Å². The minimum absolute atomic E-state index is 0.0153. The van der Waals surface area contributed by atoms with Gasteiger partial charge in [0, 0.05) is 17.2 Å². The van der Waals surface area contributed by atoms with Crippen LogP contribution in [0.1, 0.15) is 29.5 Å². The molecule has 5 heteroatoms. The maximum Gasteiger partial charge on any atom is 0.411 e. The molecule has 0 fully saturated rings. The lowest BCUT2D eigenvalue weighted by Gasteiger charge is -2.15. The van der Waals surface area contributed by atoms with Crippen molar-refractivity contribution in [1.29, 1.82) is 0 Å². The van der Waals surface area contributed by atoms with Gasteiger partial charge in [-0.05, 0) is 47.4 Å². The third kappa shape index (κ3) is 3.82. The molecule has 0 radical (unpaired) electrons. The number of benzene rings is 3. The summed E-state index contributed by atoms with van der Waals surface area (Å²) in [6.45, 7) is 2.47. The molecule has 0 atom stereocenters. The van der Waals surface area contributed by atoms with Crippen LogP contribution in [0.2, 0.25) is 0 Å². The van der Waals surface area contributed by atoms with E-state index in [-0.39, 0.29) is 19.1 Å². The largest absolute Gasteiger partial charge is 0.494 e. The molecule has 0 spiro atoms. The summed E-state index contributed by atoms with van der Waals surface area (Å²) in [6, 6.07) is 21.6. The van der Waals surface area contributed by atoms with Crippen LogP contribution in [0.15, 0.2) is 66.7 Å². The fraction of sp³-hybridized carbons (Fsp3) is 0.208. The predicted octanol–water partition coefficient (Wildman–Crippen LogP) is 4.94. The Morgan fingerprint density at radius 1 is 1.00 bits per heavy atom.